The molecule has 0 spiro atoms. The van der Waals surface area contributed by atoms with Crippen molar-refractivity contribution in [3.05, 3.63) is 59.7 Å². The minimum atomic E-state index is -0.262. The van der Waals surface area contributed by atoms with Crippen LogP contribution in [-0.4, -0.2) is 29.2 Å². The first-order valence-corrected chi connectivity index (χ1v) is 9.91. The molecule has 152 valence electrons. The van der Waals surface area contributed by atoms with Gasteiger partial charge in [0, 0.05) is 30.8 Å². The van der Waals surface area contributed by atoms with E-state index in [1.807, 2.05) is 32.0 Å². The third-order valence-electron chi connectivity index (χ3n) is 5.16. The molecule has 0 saturated heterocycles. The van der Waals surface area contributed by atoms with Crippen molar-refractivity contribution in [2.45, 2.75) is 39.7 Å². The molecule has 2 aromatic rings. The van der Waals surface area contributed by atoms with E-state index >= 15 is 0 Å². The molecule has 0 saturated carbocycles. The lowest BCUT2D eigenvalue weighted by Gasteiger charge is -2.36. The maximum Gasteiger partial charge on any atom is 0.226 e. The zero-order chi connectivity index (χ0) is 21.0. The van der Waals surface area contributed by atoms with Crippen LogP contribution in [0.1, 0.15) is 44.4 Å². The van der Waals surface area contributed by atoms with Crippen molar-refractivity contribution in [1.29, 1.82) is 0 Å². The first kappa shape index (κ1) is 20.6. The van der Waals surface area contributed by atoms with Crippen molar-refractivity contribution in [1.82, 2.24) is 4.90 Å². The fourth-order valence-corrected chi connectivity index (χ4v) is 3.56. The number of hydrogen-bond acceptors (Lipinski definition) is 3. The maximum atomic E-state index is 12.7. The third-order valence-corrected chi connectivity index (χ3v) is 5.16. The molecule has 0 radical (unpaired) electrons. The van der Waals surface area contributed by atoms with E-state index in [2.05, 4.69) is 16.7 Å². The molecule has 6 heteroatoms. The van der Waals surface area contributed by atoms with Gasteiger partial charge in [0.05, 0.1) is 12.5 Å². The average molecular weight is 393 g/mol. The van der Waals surface area contributed by atoms with E-state index in [4.69, 9.17) is 0 Å². The van der Waals surface area contributed by atoms with Gasteiger partial charge in [-0.05, 0) is 41.8 Å². The summed E-state index contributed by atoms with van der Waals surface area (Å²) in [4.78, 5) is 38.3. The number of anilines is 2. The summed E-state index contributed by atoms with van der Waals surface area (Å²) < 4.78 is 0. The van der Waals surface area contributed by atoms with Crippen molar-refractivity contribution < 1.29 is 14.4 Å². The molecular formula is C23H27N3O3. The summed E-state index contributed by atoms with van der Waals surface area (Å²) in [7, 11) is 0. The molecule has 1 aliphatic rings. The highest BCUT2D eigenvalue weighted by Gasteiger charge is 2.30. The van der Waals surface area contributed by atoms with Gasteiger partial charge in [-0.3, -0.25) is 14.4 Å². The summed E-state index contributed by atoms with van der Waals surface area (Å²) in [5.74, 6) is -0.335. The van der Waals surface area contributed by atoms with Crippen molar-refractivity contribution in [3.63, 3.8) is 0 Å². The lowest BCUT2D eigenvalue weighted by Crippen LogP contribution is -2.40. The third kappa shape index (κ3) is 5.02. The van der Waals surface area contributed by atoms with E-state index in [0.717, 1.165) is 12.0 Å². The Morgan fingerprint density at radius 2 is 1.62 bits per heavy atom. The van der Waals surface area contributed by atoms with Crippen LogP contribution in [-0.2, 0) is 20.8 Å². The van der Waals surface area contributed by atoms with E-state index in [0.29, 0.717) is 17.9 Å². The molecule has 0 bridgehead atoms. The standard InChI is InChI=1S/C23H27N3O3/c1-15(2)23(29)25-19-10-8-18(9-11-19)24-22(28)14-21-20-7-5-4-6-17(20)12-13-26(21)16(3)27/h4-11,15,21H,12-14H2,1-3H3,(H,24,28)(H,25,29). The normalized spacial score (nSPS) is 15.6. The smallest absolute Gasteiger partial charge is 0.226 e. The van der Waals surface area contributed by atoms with Gasteiger partial charge in [0.25, 0.3) is 0 Å². The van der Waals surface area contributed by atoms with Crippen LogP contribution in [0.3, 0.4) is 0 Å². The van der Waals surface area contributed by atoms with Crippen molar-refractivity contribution in [2.24, 2.45) is 5.92 Å². The molecule has 29 heavy (non-hydrogen) atoms. The van der Waals surface area contributed by atoms with Crippen LogP contribution in [0, 0.1) is 5.92 Å². The summed E-state index contributed by atoms with van der Waals surface area (Å²) in [5.41, 5.74) is 3.56. The Morgan fingerprint density at radius 3 is 2.24 bits per heavy atom. The second-order valence-corrected chi connectivity index (χ2v) is 7.65. The second kappa shape index (κ2) is 8.90. The van der Waals surface area contributed by atoms with Crippen LogP contribution in [0.2, 0.25) is 0 Å². The van der Waals surface area contributed by atoms with E-state index in [1.54, 1.807) is 36.1 Å². The van der Waals surface area contributed by atoms with Crippen LogP contribution in [0.5, 0.6) is 0 Å². The molecule has 1 heterocycles. The molecular weight excluding hydrogens is 366 g/mol. The number of fused-ring (bicyclic) bond motifs is 1. The van der Waals surface area contributed by atoms with Gasteiger partial charge < -0.3 is 15.5 Å². The van der Waals surface area contributed by atoms with E-state index in [1.165, 1.54) is 5.56 Å². The number of benzene rings is 2. The Labute approximate surface area is 171 Å². The van der Waals surface area contributed by atoms with Gasteiger partial charge in [0.2, 0.25) is 17.7 Å². The summed E-state index contributed by atoms with van der Waals surface area (Å²) in [5, 5.41) is 5.71. The molecule has 2 N–H and O–H groups in total. The molecule has 0 aliphatic carbocycles. The van der Waals surface area contributed by atoms with Crippen LogP contribution in [0.4, 0.5) is 11.4 Å². The Kier molecular flexibility index (Phi) is 6.32. The van der Waals surface area contributed by atoms with Crippen molar-refractivity contribution in [3.8, 4) is 0 Å². The molecule has 1 aliphatic heterocycles. The molecule has 0 aromatic heterocycles. The largest absolute Gasteiger partial charge is 0.335 e. The van der Waals surface area contributed by atoms with Crippen LogP contribution in [0.25, 0.3) is 0 Å². The predicted molar refractivity (Wildman–Crippen MR) is 113 cm³/mol. The van der Waals surface area contributed by atoms with Gasteiger partial charge in [0.15, 0.2) is 0 Å². The van der Waals surface area contributed by atoms with Crippen LogP contribution < -0.4 is 10.6 Å². The quantitative estimate of drug-likeness (QED) is 0.812. The molecule has 2 aromatic carbocycles. The fraction of sp³-hybridized carbons (Fsp3) is 0.348. The number of nitrogens with zero attached hydrogens (tertiary/aromatic N) is 1. The molecule has 1 atom stereocenters. The molecule has 0 fully saturated rings. The first-order valence-electron chi connectivity index (χ1n) is 9.91. The number of carbonyl (C=O) groups is 3. The number of rotatable bonds is 5. The van der Waals surface area contributed by atoms with Gasteiger partial charge in [-0.1, -0.05) is 38.1 Å². The average Bonchev–Trinajstić information content (AvgIpc) is 2.69. The van der Waals surface area contributed by atoms with Gasteiger partial charge in [-0.2, -0.15) is 0 Å². The lowest BCUT2D eigenvalue weighted by atomic mass is 9.90. The highest BCUT2D eigenvalue weighted by molar-refractivity contribution is 5.94. The number of hydrogen-bond donors (Lipinski definition) is 2. The Balaban J connectivity index is 1.68. The van der Waals surface area contributed by atoms with E-state index in [-0.39, 0.29) is 36.1 Å². The maximum absolute atomic E-state index is 12.7. The zero-order valence-corrected chi connectivity index (χ0v) is 17.1. The monoisotopic (exact) mass is 393 g/mol. The van der Waals surface area contributed by atoms with E-state index < -0.39 is 0 Å². The second-order valence-electron chi connectivity index (χ2n) is 7.65. The Hall–Kier alpha value is -3.15. The summed E-state index contributed by atoms with van der Waals surface area (Å²) in [6.07, 6.45) is 1.000. The minimum absolute atomic E-state index is 0.0254. The molecule has 1 unspecified atom stereocenters. The lowest BCUT2D eigenvalue weighted by molar-refractivity contribution is -0.132. The van der Waals surface area contributed by atoms with E-state index in [9.17, 15) is 14.4 Å². The van der Waals surface area contributed by atoms with Gasteiger partial charge in [-0.15, -0.1) is 0 Å². The first-order chi connectivity index (χ1) is 13.8. The fourth-order valence-electron chi connectivity index (χ4n) is 3.56. The van der Waals surface area contributed by atoms with Gasteiger partial charge in [-0.25, -0.2) is 0 Å². The number of nitrogens with one attached hydrogen (secondary N) is 2. The van der Waals surface area contributed by atoms with Gasteiger partial charge >= 0.3 is 0 Å². The van der Waals surface area contributed by atoms with Crippen molar-refractivity contribution >= 4 is 29.1 Å². The topological polar surface area (TPSA) is 78.5 Å². The highest BCUT2D eigenvalue weighted by Crippen LogP contribution is 2.32. The molecule has 3 amide bonds. The SMILES string of the molecule is CC(=O)N1CCc2ccccc2C1CC(=O)Nc1ccc(NC(=O)C(C)C)cc1. The Morgan fingerprint density at radius 1 is 1.00 bits per heavy atom. The van der Waals surface area contributed by atoms with Crippen LogP contribution in [0.15, 0.2) is 48.5 Å². The summed E-state index contributed by atoms with van der Waals surface area (Å²) in [6, 6.07) is 14.7. The number of carbonyl (C=O) groups excluding carboxylic acids is 3. The highest BCUT2D eigenvalue weighted by atomic mass is 16.2. The van der Waals surface area contributed by atoms with Gasteiger partial charge in [0.1, 0.15) is 0 Å². The summed E-state index contributed by atoms with van der Waals surface area (Å²) >= 11 is 0. The summed E-state index contributed by atoms with van der Waals surface area (Å²) in [6.45, 7) is 5.83. The van der Waals surface area contributed by atoms with Crippen LogP contribution >= 0.6 is 0 Å². The molecule has 3 rings (SSSR count). The minimum Gasteiger partial charge on any atom is -0.335 e. The van der Waals surface area contributed by atoms with Crippen molar-refractivity contribution in [2.75, 3.05) is 17.2 Å². The molecule has 6 nitrogen and oxygen atoms in total. The predicted octanol–water partition coefficient (Wildman–Crippen LogP) is 3.76. The number of amides is 3. The zero-order valence-electron chi connectivity index (χ0n) is 17.1. The Bertz CT molecular complexity index is 906.